The molecule has 144 valence electrons. The van der Waals surface area contributed by atoms with Gasteiger partial charge < -0.3 is 10.2 Å². The first-order valence-corrected chi connectivity index (χ1v) is 10.2. The molecule has 1 saturated heterocycles. The number of hydrogen-bond donors (Lipinski definition) is 1. The van der Waals surface area contributed by atoms with Crippen molar-refractivity contribution in [2.45, 2.75) is 11.4 Å². The molecule has 2 aromatic carbocycles. The van der Waals surface area contributed by atoms with Gasteiger partial charge in [0.25, 0.3) is 0 Å². The smallest absolute Gasteiger partial charge is 0.246 e. The Morgan fingerprint density at radius 1 is 1.04 bits per heavy atom. The first-order chi connectivity index (χ1) is 12.9. The Kier molecular flexibility index (Phi) is 6.03. The Balaban J connectivity index is 1.59. The third-order valence-corrected chi connectivity index (χ3v) is 6.64. The highest BCUT2D eigenvalue weighted by atomic mass is 32.2. The minimum absolute atomic E-state index is 0.144. The highest BCUT2D eigenvalue weighted by Crippen LogP contribution is 2.21. The standard InChI is InChI=1S/C18H19F2N3O2S2/c19-15-6-7-16(20)17(12-15)27(24,25)23-10-8-22(9-11-23)18(26)21-13-14-4-2-1-3-5-14/h1-7,12H,8-11,13H2,(H,21,26). The van der Waals surface area contributed by atoms with Crippen LogP contribution < -0.4 is 5.32 Å². The van der Waals surface area contributed by atoms with Gasteiger partial charge in [0.15, 0.2) is 5.11 Å². The first kappa shape index (κ1) is 19.7. The van der Waals surface area contributed by atoms with E-state index in [1.54, 1.807) is 0 Å². The van der Waals surface area contributed by atoms with E-state index in [1.807, 2.05) is 35.2 Å². The normalized spacial score (nSPS) is 15.6. The van der Waals surface area contributed by atoms with Gasteiger partial charge in [0.1, 0.15) is 16.5 Å². The molecule has 5 nitrogen and oxygen atoms in total. The van der Waals surface area contributed by atoms with Crippen molar-refractivity contribution < 1.29 is 17.2 Å². The molecule has 0 radical (unpaired) electrons. The van der Waals surface area contributed by atoms with Gasteiger partial charge in [0, 0.05) is 32.7 Å². The molecule has 0 aliphatic carbocycles. The molecule has 1 fully saturated rings. The van der Waals surface area contributed by atoms with Gasteiger partial charge in [-0.2, -0.15) is 4.31 Å². The molecule has 1 heterocycles. The van der Waals surface area contributed by atoms with E-state index in [1.165, 1.54) is 0 Å². The van der Waals surface area contributed by atoms with Gasteiger partial charge in [-0.1, -0.05) is 30.3 Å². The van der Waals surface area contributed by atoms with E-state index in [2.05, 4.69) is 5.32 Å². The van der Waals surface area contributed by atoms with Crippen LogP contribution in [0.25, 0.3) is 0 Å². The monoisotopic (exact) mass is 411 g/mol. The quantitative estimate of drug-likeness (QED) is 0.783. The van der Waals surface area contributed by atoms with Crippen LogP contribution in [0.3, 0.4) is 0 Å². The van der Waals surface area contributed by atoms with Gasteiger partial charge in [-0.3, -0.25) is 0 Å². The number of rotatable bonds is 4. The zero-order valence-corrected chi connectivity index (χ0v) is 16.1. The van der Waals surface area contributed by atoms with Crippen molar-refractivity contribution in [1.29, 1.82) is 0 Å². The summed E-state index contributed by atoms with van der Waals surface area (Å²) in [6, 6.07) is 12.2. The van der Waals surface area contributed by atoms with Crippen molar-refractivity contribution >= 4 is 27.4 Å². The van der Waals surface area contributed by atoms with Crippen molar-refractivity contribution in [1.82, 2.24) is 14.5 Å². The third kappa shape index (κ3) is 4.60. The number of benzene rings is 2. The molecule has 0 saturated carbocycles. The lowest BCUT2D eigenvalue weighted by Gasteiger charge is -2.35. The summed E-state index contributed by atoms with van der Waals surface area (Å²) in [7, 11) is -4.09. The number of halogens is 2. The Hall–Kier alpha value is -2.10. The summed E-state index contributed by atoms with van der Waals surface area (Å²) >= 11 is 5.37. The maximum absolute atomic E-state index is 13.9. The van der Waals surface area contributed by atoms with Gasteiger partial charge in [0.2, 0.25) is 10.0 Å². The summed E-state index contributed by atoms with van der Waals surface area (Å²) in [5.74, 6) is -1.75. The molecule has 0 unspecified atom stereocenters. The lowest BCUT2D eigenvalue weighted by molar-refractivity contribution is 0.263. The summed E-state index contributed by atoms with van der Waals surface area (Å²) in [4.78, 5) is 1.23. The molecule has 0 aromatic heterocycles. The van der Waals surface area contributed by atoms with E-state index in [4.69, 9.17) is 12.2 Å². The summed E-state index contributed by atoms with van der Waals surface area (Å²) in [6.07, 6.45) is 0. The molecule has 2 aromatic rings. The van der Waals surface area contributed by atoms with Gasteiger partial charge in [-0.15, -0.1) is 0 Å². The van der Waals surface area contributed by atoms with Crippen LogP contribution in [0.4, 0.5) is 8.78 Å². The van der Waals surface area contributed by atoms with Crippen LogP contribution in [-0.4, -0.2) is 48.9 Å². The molecule has 9 heteroatoms. The largest absolute Gasteiger partial charge is 0.358 e. The summed E-state index contributed by atoms with van der Waals surface area (Å²) in [5, 5.41) is 3.69. The van der Waals surface area contributed by atoms with E-state index in [0.717, 1.165) is 22.0 Å². The summed E-state index contributed by atoms with van der Waals surface area (Å²) in [5.41, 5.74) is 1.09. The number of nitrogens with zero attached hydrogens (tertiary/aromatic N) is 2. The van der Waals surface area contributed by atoms with Crippen molar-refractivity contribution in [2.75, 3.05) is 26.2 Å². The number of piperazine rings is 1. The van der Waals surface area contributed by atoms with Crippen LogP contribution >= 0.6 is 12.2 Å². The number of sulfonamides is 1. The average Bonchev–Trinajstić information content (AvgIpc) is 2.68. The van der Waals surface area contributed by atoms with Crippen molar-refractivity contribution in [3.8, 4) is 0 Å². The molecule has 0 spiro atoms. The number of thiocarbonyl (C=S) groups is 1. The SMILES string of the molecule is O=S(=O)(c1cc(F)ccc1F)N1CCN(C(=S)NCc2ccccc2)CC1. The fourth-order valence-corrected chi connectivity index (χ4v) is 4.58. The van der Waals surface area contributed by atoms with Crippen LogP contribution in [0.2, 0.25) is 0 Å². The molecule has 1 aliphatic rings. The van der Waals surface area contributed by atoms with Gasteiger partial charge in [-0.25, -0.2) is 17.2 Å². The van der Waals surface area contributed by atoms with Crippen LogP contribution in [-0.2, 0) is 16.6 Å². The Labute approximate surface area is 162 Å². The van der Waals surface area contributed by atoms with E-state index in [-0.39, 0.29) is 13.1 Å². The van der Waals surface area contributed by atoms with Crippen LogP contribution in [0.5, 0.6) is 0 Å². The number of nitrogens with one attached hydrogen (secondary N) is 1. The third-order valence-electron chi connectivity index (χ3n) is 4.32. The van der Waals surface area contributed by atoms with Crippen molar-refractivity contribution in [2.24, 2.45) is 0 Å². The van der Waals surface area contributed by atoms with Crippen LogP contribution in [0.15, 0.2) is 53.4 Å². The molecule has 0 bridgehead atoms. The summed E-state index contributed by atoms with van der Waals surface area (Å²) in [6.45, 7) is 1.61. The molecular weight excluding hydrogens is 392 g/mol. The average molecular weight is 411 g/mol. The second kappa shape index (κ2) is 8.28. The molecule has 27 heavy (non-hydrogen) atoms. The van der Waals surface area contributed by atoms with Crippen LogP contribution in [0.1, 0.15) is 5.56 Å². The highest BCUT2D eigenvalue weighted by molar-refractivity contribution is 7.89. The predicted molar refractivity (Wildman–Crippen MR) is 103 cm³/mol. The van der Waals surface area contributed by atoms with Crippen LogP contribution in [0, 0.1) is 11.6 Å². The molecule has 0 amide bonds. The van der Waals surface area contributed by atoms with Gasteiger partial charge in [0.05, 0.1) is 0 Å². The van der Waals surface area contributed by atoms with Crippen molar-refractivity contribution in [3.63, 3.8) is 0 Å². The fraction of sp³-hybridized carbons (Fsp3) is 0.278. The lowest BCUT2D eigenvalue weighted by Crippen LogP contribution is -2.52. The molecule has 0 atom stereocenters. The summed E-state index contributed by atoms with van der Waals surface area (Å²) < 4.78 is 53.6. The molecule has 1 aliphatic heterocycles. The minimum atomic E-state index is -4.09. The fourth-order valence-electron chi connectivity index (χ4n) is 2.83. The van der Waals surface area contributed by atoms with E-state index < -0.39 is 26.6 Å². The van der Waals surface area contributed by atoms with E-state index >= 15 is 0 Å². The second-order valence-electron chi connectivity index (χ2n) is 6.11. The highest BCUT2D eigenvalue weighted by Gasteiger charge is 2.31. The maximum atomic E-state index is 13.9. The van der Waals surface area contributed by atoms with Gasteiger partial charge in [-0.05, 0) is 36.0 Å². The Bertz CT molecular complexity index is 915. The minimum Gasteiger partial charge on any atom is -0.358 e. The Morgan fingerprint density at radius 2 is 1.70 bits per heavy atom. The second-order valence-corrected chi connectivity index (χ2v) is 8.40. The van der Waals surface area contributed by atoms with E-state index in [0.29, 0.717) is 30.8 Å². The first-order valence-electron chi connectivity index (χ1n) is 8.40. The predicted octanol–water partition coefficient (Wildman–Crippen LogP) is 2.35. The number of hydrogen-bond acceptors (Lipinski definition) is 3. The molecule has 1 N–H and O–H groups in total. The zero-order valence-electron chi connectivity index (χ0n) is 14.4. The lowest BCUT2D eigenvalue weighted by atomic mass is 10.2. The Morgan fingerprint density at radius 3 is 2.37 bits per heavy atom. The van der Waals surface area contributed by atoms with Gasteiger partial charge >= 0.3 is 0 Å². The zero-order chi connectivity index (χ0) is 19.4. The molecule has 3 rings (SSSR count). The van der Waals surface area contributed by atoms with E-state index in [9.17, 15) is 17.2 Å². The van der Waals surface area contributed by atoms with Crippen molar-refractivity contribution in [3.05, 3.63) is 65.7 Å². The topological polar surface area (TPSA) is 52.7 Å². The maximum Gasteiger partial charge on any atom is 0.246 e. The molecular formula is C18H19F2N3O2S2.